The van der Waals surface area contributed by atoms with Gasteiger partial charge in [-0.05, 0) is 27.2 Å². The molecule has 0 aromatic carbocycles. The molecule has 0 saturated heterocycles. The van der Waals surface area contributed by atoms with Crippen molar-refractivity contribution < 1.29 is 9.16 Å². The van der Waals surface area contributed by atoms with Gasteiger partial charge in [-0.1, -0.05) is 13.3 Å². The topological polar surface area (TPSA) is 18.5 Å². The van der Waals surface area contributed by atoms with Crippen LogP contribution in [0.5, 0.6) is 0 Å². The van der Waals surface area contributed by atoms with Crippen molar-refractivity contribution in [2.24, 2.45) is 0 Å². The lowest BCUT2D eigenvalue weighted by Gasteiger charge is -2.28. The Morgan fingerprint density at radius 2 is 2.00 bits per heavy atom. The first-order valence-electron chi connectivity index (χ1n) is 4.22. The van der Waals surface area contributed by atoms with Gasteiger partial charge in [0.05, 0.1) is 5.60 Å². The summed E-state index contributed by atoms with van der Waals surface area (Å²) in [6.45, 7) is 8.32. The standard InChI is InChI=1S/C8H20O2Si/c1-5-6-8(3,4)9-7(2)10-11/h7H,5-6H2,1-4,11H3. The van der Waals surface area contributed by atoms with Crippen molar-refractivity contribution in [2.45, 2.75) is 52.4 Å². The largest absolute Gasteiger partial charge is 0.404 e. The fourth-order valence-corrected chi connectivity index (χ4v) is 1.25. The van der Waals surface area contributed by atoms with Gasteiger partial charge in [0.2, 0.25) is 0 Å². The van der Waals surface area contributed by atoms with Gasteiger partial charge in [-0.15, -0.1) is 0 Å². The van der Waals surface area contributed by atoms with Gasteiger partial charge in [0.1, 0.15) is 16.8 Å². The fraction of sp³-hybridized carbons (Fsp3) is 1.00. The average Bonchev–Trinajstić information content (AvgIpc) is 1.86. The second-order valence-corrected chi connectivity index (χ2v) is 3.90. The Kier molecular flexibility index (Phi) is 4.96. The molecule has 1 unspecified atom stereocenters. The van der Waals surface area contributed by atoms with Gasteiger partial charge in [0.15, 0.2) is 0 Å². The first-order chi connectivity index (χ1) is 5.02. The van der Waals surface area contributed by atoms with E-state index in [1.165, 1.54) is 0 Å². The Balaban J connectivity index is 3.70. The SMILES string of the molecule is CCCC(C)(C)OC(C)O[SiH3]. The van der Waals surface area contributed by atoms with Crippen molar-refractivity contribution in [3.63, 3.8) is 0 Å². The number of hydrogen-bond donors (Lipinski definition) is 0. The molecule has 2 nitrogen and oxygen atoms in total. The third-order valence-corrected chi connectivity index (χ3v) is 2.33. The molecule has 0 heterocycles. The molecule has 0 aliphatic heterocycles. The molecule has 0 aliphatic rings. The van der Waals surface area contributed by atoms with Gasteiger partial charge in [0, 0.05) is 0 Å². The zero-order valence-corrected chi connectivity index (χ0v) is 10.3. The van der Waals surface area contributed by atoms with E-state index < -0.39 is 0 Å². The van der Waals surface area contributed by atoms with Crippen LogP contribution in [0.3, 0.4) is 0 Å². The monoisotopic (exact) mass is 176 g/mol. The zero-order valence-electron chi connectivity index (χ0n) is 8.31. The number of hydrogen-bond acceptors (Lipinski definition) is 2. The lowest BCUT2D eigenvalue weighted by atomic mass is 10.0. The minimum absolute atomic E-state index is 0.0292. The van der Waals surface area contributed by atoms with Crippen molar-refractivity contribution in [3.05, 3.63) is 0 Å². The first kappa shape index (κ1) is 11.1. The molecule has 0 bridgehead atoms. The highest BCUT2D eigenvalue weighted by molar-refractivity contribution is 5.98. The van der Waals surface area contributed by atoms with Crippen LogP contribution in [-0.4, -0.2) is 22.4 Å². The van der Waals surface area contributed by atoms with Crippen molar-refractivity contribution in [2.75, 3.05) is 0 Å². The van der Waals surface area contributed by atoms with Crippen LogP contribution < -0.4 is 0 Å². The number of ether oxygens (including phenoxy) is 1. The Hall–Kier alpha value is 0.137. The van der Waals surface area contributed by atoms with Gasteiger partial charge in [0.25, 0.3) is 0 Å². The van der Waals surface area contributed by atoms with E-state index in [4.69, 9.17) is 9.16 Å². The van der Waals surface area contributed by atoms with Crippen LogP contribution in [0.25, 0.3) is 0 Å². The first-order valence-corrected chi connectivity index (χ1v) is 5.04. The van der Waals surface area contributed by atoms with Crippen LogP contribution >= 0.6 is 0 Å². The predicted molar refractivity (Wildman–Crippen MR) is 50.6 cm³/mol. The summed E-state index contributed by atoms with van der Waals surface area (Å²) in [7, 11) is 0.745. The van der Waals surface area contributed by atoms with Crippen LogP contribution in [0.2, 0.25) is 0 Å². The normalized spacial score (nSPS) is 15.3. The second-order valence-electron chi connectivity index (χ2n) is 3.43. The number of rotatable bonds is 5. The maximum Gasteiger partial charge on any atom is 0.149 e. The van der Waals surface area contributed by atoms with Gasteiger partial charge in [-0.25, -0.2) is 0 Å². The van der Waals surface area contributed by atoms with E-state index in [1.54, 1.807) is 0 Å². The van der Waals surface area contributed by atoms with E-state index in [1.807, 2.05) is 6.92 Å². The van der Waals surface area contributed by atoms with E-state index in [2.05, 4.69) is 20.8 Å². The molecule has 3 heteroatoms. The molecule has 0 fully saturated rings. The fourth-order valence-electron chi connectivity index (χ4n) is 1.16. The van der Waals surface area contributed by atoms with Crippen LogP contribution in [0, 0.1) is 0 Å². The maximum atomic E-state index is 5.64. The van der Waals surface area contributed by atoms with Gasteiger partial charge >= 0.3 is 0 Å². The van der Waals surface area contributed by atoms with E-state index in [0.717, 1.165) is 23.3 Å². The van der Waals surface area contributed by atoms with Gasteiger partial charge < -0.3 is 9.16 Å². The van der Waals surface area contributed by atoms with Crippen LogP contribution in [0.1, 0.15) is 40.5 Å². The summed E-state index contributed by atoms with van der Waals surface area (Å²) in [6, 6.07) is 0. The summed E-state index contributed by atoms with van der Waals surface area (Å²) in [5.41, 5.74) is -0.0292. The van der Waals surface area contributed by atoms with E-state index in [-0.39, 0.29) is 11.9 Å². The summed E-state index contributed by atoms with van der Waals surface area (Å²) in [4.78, 5) is 0. The molecule has 0 aromatic heterocycles. The summed E-state index contributed by atoms with van der Waals surface area (Å²) < 4.78 is 10.8. The average molecular weight is 176 g/mol. The highest BCUT2D eigenvalue weighted by Crippen LogP contribution is 2.18. The van der Waals surface area contributed by atoms with E-state index >= 15 is 0 Å². The minimum atomic E-state index is -0.0387. The summed E-state index contributed by atoms with van der Waals surface area (Å²) in [5.74, 6) is 0. The molecule has 0 rings (SSSR count). The van der Waals surface area contributed by atoms with Crippen LogP contribution in [0.4, 0.5) is 0 Å². The quantitative estimate of drug-likeness (QED) is 0.463. The summed E-state index contributed by atoms with van der Waals surface area (Å²) >= 11 is 0. The molecule has 0 aromatic rings. The molecule has 0 spiro atoms. The molecule has 0 N–H and O–H groups in total. The van der Waals surface area contributed by atoms with Crippen LogP contribution in [0.15, 0.2) is 0 Å². The zero-order chi connectivity index (χ0) is 8.91. The second kappa shape index (κ2) is 4.90. The Morgan fingerprint density at radius 1 is 1.45 bits per heavy atom. The molecule has 0 radical (unpaired) electrons. The molecule has 68 valence electrons. The third-order valence-electron chi connectivity index (χ3n) is 1.67. The lowest BCUT2D eigenvalue weighted by molar-refractivity contribution is -0.149. The lowest BCUT2D eigenvalue weighted by Crippen LogP contribution is -2.30. The molecule has 1 atom stereocenters. The third kappa shape index (κ3) is 5.41. The van der Waals surface area contributed by atoms with E-state index in [9.17, 15) is 0 Å². The molecule has 0 saturated carbocycles. The van der Waals surface area contributed by atoms with Crippen molar-refractivity contribution in [3.8, 4) is 0 Å². The van der Waals surface area contributed by atoms with Crippen molar-refractivity contribution in [1.82, 2.24) is 0 Å². The highest BCUT2D eigenvalue weighted by Gasteiger charge is 2.19. The Bertz CT molecular complexity index is 104. The van der Waals surface area contributed by atoms with Crippen molar-refractivity contribution >= 4 is 10.5 Å². The van der Waals surface area contributed by atoms with Crippen LogP contribution in [-0.2, 0) is 9.16 Å². The smallest absolute Gasteiger partial charge is 0.149 e. The molecule has 0 amide bonds. The Morgan fingerprint density at radius 3 is 2.36 bits per heavy atom. The van der Waals surface area contributed by atoms with Gasteiger partial charge in [-0.2, -0.15) is 0 Å². The minimum Gasteiger partial charge on any atom is -0.404 e. The molecule has 0 aliphatic carbocycles. The molecular weight excluding hydrogens is 156 g/mol. The summed E-state index contributed by atoms with van der Waals surface area (Å²) in [5, 5.41) is 0. The Labute approximate surface area is 72.8 Å². The highest BCUT2D eigenvalue weighted by atomic mass is 28.2. The van der Waals surface area contributed by atoms with Crippen molar-refractivity contribution in [1.29, 1.82) is 0 Å². The maximum absolute atomic E-state index is 5.64. The van der Waals surface area contributed by atoms with Gasteiger partial charge in [-0.3, -0.25) is 0 Å². The molecule has 11 heavy (non-hydrogen) atoms. The molecular formula is C8H20O2Si. The summed E-state index contributed by atoms with van der Waals surface area (Å²) in [6.07, 6.45) is 2.20. The van der Waals surface area contributed by atoms with E-state index in [0.29, 0.717) is 0 Å². The predicted octanol–water partition coefficient (Wildman–Crippen LogP) is 1.22.